The molecule has 0 saturated heterocycles. The quantitative estimate of drug-likeness (QED) is 0.861. The number of benzene rings is 1. The third kappa shape index (κ3) is 3.07. The van der Waals surface area contributed by atoms with Gasteiger partial charge in [0.05, 0.1) is 12.1 Å². The lowest BCUT2D eigenvalue weighted by Crippen LogP contribution is -2.24. The molecule has 0 fully saturated rings. The highest BCUT2D eigenvalue weighted by Gasteiger charge is 2.24. The number of carbonyl (C=O) groups excluding carboxylic acids is 1. The standard InChI is InChI=1S/C18H22N2O/c1-13(2)20-10-9-17(19-20)12-18(21)16-8-7-14-5-3-4-6-15(14)11-16/h3-6,9-10,13,16H,7-8,11-12H2,1-2H3. The maximum Gasteiger partial charge on any atom is 0.142 e. The maximum absolute atomic E-state index is 12.5. The van der Waals surface area contributed by atoms with Crippen molar-refractivity contribution < 1.29 is 4.79 Å². The Morgan fingerprint density at radius 1 is 1.29 bits per heavy atom. The molecule has 21 heavy (non-hydrogen) atoms. The van der Waals surface area contributed by atoms with Gasteiger partial charge in [0.25, 0.3) is 0 Å². The molecule has 1 aromatic carbocycles. The molecular weight excluding hydrogens is 260 g/mol. The Labute approximate surface area is 126 Å². The van der Waals surface area contributed by atoms with Crippen LogP contribution in [0.5, 0.6) is 0 Å². The van der Waals surface area contributed by atoms with E-state index in [1.807, 2.05) is 16.9 Å². The SMILES string of the molecule is CC(C)n1ccc(CC(=O)C2CCc3ccccc3C2)n1. The van der Waals surface area contributed by atoms with E-state index in [-0.39, 0.29) is 5.92 Å². The first-order valence-corrected chi connectivity index (χ1v) is 7.77. The number of nitrogens with zero attached hydrogens (tertiary/aromatic N) is 2. The van der Waals surface area contributed by atoms with E-state index in [2.05, 4.69) is 43.2 Å². The normalized spacial score (nSPS) is 17.8. The number of aryl methyl sites for hydroxylation is 1. The Bertz CT molecular complexity index is 642. The number of fused-ring (bicyclic) bond motifs is 1. The molecule has 0 N–H and O–H groups in total. The molecule has 3 heteroatoms. The third-order valence-electron chi connectivity index (χ3n) is 4.35. The van der Waals surface area contributed by atoms with E-state index in [9.17, 15) is 4.79 Å². The molecule has 3 rings (SSSR count). The molecule has 0 radical (unpaired) electrons. The van der Waals surface area contributed by atoms with Crippen LogP contribution in [0.2, 0.25) is 0 Å². The maximum atomic E-state index is 12.5. The minimum absolute atomic E-state index is 0.157. The van der Waals surface area contributed by atoms with E-state index in [0.717, 1.165) is 25.0 Å². The van der Waals surface area contributed by atoms with Crippen LogP contribution in [-0.4, -0.2) is 15.6 Å². The van der Waals surface area contributed by atoms with Gasteiger partial charge in [-0.1, -0.05) is 24.3 Å². The van der Waals surface area contributed by atoms with Crippen molar-refractivity contribution in [1.82, 2.24) is 9.78 Å². The third-order valence-corrected chi connectivity index (χ3v) is 4.35. The molecule has 1 aromatic heterocycles. The molecule has 0 saturated carbocycles. The van der Waals surface area contributed by atoms with Crippen LogP contribution in [-0.2, 0) is 24.1 Å². The van der Waals surface area contributed by atoms with Crippen molar-refractivity contribution in [1.29, 1.82) is 0 Å². The van der Waals surface area contributed by atoms with Gasteiger partial charge < -0.3 is 0 Å². The first-order valence-electron chi connectivity index (χ1n) is 7.77. The second-order valence-corrected chi connectivity index (χ2v) is 6.23. The van der Waals surface area contributed by atoms with Crippen molar-refractivity contribution >= 4 is 5.78 Å². The Balaban J connectivity index is 1.66. The van der Waals surface area contributed by atoms with Crippen molar-refractivity contribution in [2.45, 2.75) is 45.6 Å². The largest absolute Gasteiger partial charge is 0.299 e. The second-order valence-electron chi connectivity index (χ2n) is 6.23. The summed E-state index contributed by atoms with van der Waals surface area (Å²) in [5, 5.41) is 4.48. The average molecular weight is 282 g/mol. The van der Waals surface area contributed by atoms with Crippen LogP contribution in [0, 0.1) is 5.92 Å². The van der Waals surface area contributed by atoms with Gasteiger partial charge in [0.1, 0.15) is 5.78 Å². The molecule has 0 amide bonds. The minimum Gasteiger partial charge on any atom is -0.299 e. The Morgan fingerprint density at radius 3 is 2.76 bits per heavy atom. The van der Waals surface area contributed by atoms with Crippen molar-refractivity contribution in [2.75, 3.05) is 0 Å². The zero-order valence-corrected chi connectivity index (χ0v) is 12.7. The molecule has 1 aliphatic carbocycles. The Kier molecular flexibility index (Phi) is 3.91. The minimum atomic E-state index is 0.157. The van der Waals surface area contributed by atoms with Gasteiger partial charge in [0.2, 0.25) is 0 Å². The van der Waals surface area contributed by atoms with Gasteiger partial charge in [0.15, 0.2) is 0 Å². The summed E-state index contributed by atoms with van der Waals surface area (Å²) < 4.78 is 1.92. The van der Waals surface area contributed by atoms with E-state index in [0.29, 0.717) is 18.2 Å². The summed E-state index contributed by atoms with van der Waals surface area (Å²) in [5.41, 5.74) is 3.65. The predicted octanol–water partition coefficient (Wildman–Crippen LogP) is 3.38. The molecule has 1 atom stereocenters. The molecule has 0 bridgehead atoms. The molecule has 3 nitrogen and oxygen atoms in total. The first kappa shape index (κ1) is 14.1. The monoisotopic (exact) mass is 282 g/mol. The van der Waals surface area contributed by atoms with Gasteiger partial charge in [0, 0.05) is 18.2 Å². The van der Waals surface area contributed by atoms with Gasteiger partial charge in [-0.15, -0.1) is 0 Å². The second kappa shape index (κ2) is 5.84. The molecule has 1 aliphatic rings. The smallest absolute Gasteiger partial charge is 0.142 e. The first-order chi connectivity index (χ1) is 10.1. The number of carbonyl (C=O) groups is 1. The van der Waals surface area contributed by atoms with Crippen LogP contribution in [0.15, 0.2) is 36.5 Å². The Hall–Kier alpha value is -1.90. The van der Waals surface area contributed by atoms with Crippen molar-refractivity contribution in [3.05, 3.63) is 53.3 Å². The fraction of sp³-hybridized carbons (Fsp3) is 0.444. The lowest BCUT2D eigenvalue weighted by atomic mass is 9.81. The highest BCUT2D eigenvalue weighted by atomic mass is 16.1. The predicted molar refractivity (Wildman–Crippen MR) is 83.3 cm³/mol. The number of rotatable bonds is 4. The lowest BCUT2D eigenvalue weighted by molar-refractivity contribution is -0.122. The molecule has 1 unspecified atom stereocenters. The van der Waals surface area contributed by atoms with Gasteiger partial charge in [-0.3, -0.25) is 9.48 Å². The van der Waals surface area contributed by atoms with Gasteiger partial charge in [-0.05, 0) is 50.3 Å². The van der Waals surface area contributed by atoms with E-state index in [1.54, 1.807) is 0 Å². The zero-order valence-electron chi connectivity index (χ0n) is 12.7. The van der Waals surface area contributed by atoms with E-state index in [1.165, 1.54) is 11.1 Å². The molecule has 1 heterocycles. The van der Waals surface area contributed by atoms with E-state index >= 15 is 0 Å². The molecule has 0 aliphatic heterocycles. The summed E-state index contributed by atoms with van der Waals surface area (Å²) >= 11 is 0. The molecule has 0 spiro atoms. The highest BCUT2D eigenvalue weighted by molar-refractivity contribution is 5.83. The summed E-state index contributed by atoms with van der Waals surface area (Å²) in [6, 6.07) is 10.8. The van der Waals surface area contributed by atoms with Crippen molar-refractivity contribution in [3.8, 4) is 0 Å². The van der Waals surface area contributed by atoms with Crippen molar-refractivity contribution in [2.24, 2.45) is 5.92 Å². The summed E-state index contributed by atoms with van der Waals surface area (Å²) in [7, 11) is 0. The fourth-order valence-electron chi connectivity index (χ4n) is 3.05. The lowest BCUT2D eigenvalue weighted by Gasteiger charge is -2.23. The van der Waals surface area contributed by atoms with Crippen molar-refractivity contribution in [3.63, 3.8) is 0 Å². The fourth-order valence-corrected chi connectivity index (χ4v) is 3.05. The van der Waals surface area contributed by atoms with Crippen LogP contribution in [0.25, 0.3) is 0 Å². The number of ketones is 1. The van der Waals surface area contributed by atoms with Crippen LogP contribution >= 0.6 is 0 Å². The summed E-state index contributed by atoms with van der Waals surface area (Å²) in [6.45, 7) is 4.19. The van der Waals surface area contributed by atoms with E-state index < -0.39 is 0 Å². The number of hydrogen-bond acceptors (Lipinski definition) is 2. The van der Waals surface area contributed by atoms with E-state index in [4.69, 9.17) is 0 Å². The van der Waals surface area contributed by atoms with Crippen LogP contribution in [0.3, 0.4) is 0 Å². The molecule has 110 valence electrons. The molecular formula is C18H22N2O. The average Bonchev–Trinajstić information content (AvgIpc) is 2.95. The van der Waals surface area contributed by atoms with Crippen LogP contribution < -0.4 is 0 Å². The van der Waals surface area contributed by atoms with Crippen LogP contribution in [0.4, 0.5) is 0 Å². The zero-order chi connectivity index (χ0) is 14.8. The Morgan fingerprint density at radius 2 is 2.05 bits per heavy atom. The van der Waals surface area contributed by atoms with Gasteiger partial charge in [-0.2, -0.15) is 5.10 Å². The molecule has 2 aromatic rings. The summed E-state index contributed by atoms with van der Waals surface area (Å²) in [4.78, 5) is 12.5. The summed E-state index contributed by atoms with van der Waals surface area (Å²) in [5.74, 6) is 0.489. The van der Waals surface area contributed by atoms with Crippen LogP contribution in [0.1, 0.15) is 43.1 Å². The number of Topliss-reactive ketones (excluding diaryl/α,β-unsaturated/α-hetero) is 1. The van der Waals surface area contributed by atoms with Gasteiger partial charge >= 0.3 is 0 Å². The summed E-state index contributed by atoms with van der Waals surface area (Å²) in [6.07, 6.45) is 5.31. The highest BCUT2D eigenvalue weighted by Crippen LogP contribution is 2.26. The number of aromatic nitrogens is 2. The van der Waals surface area contributed by atoms with Gasteiger partial charge in [-0.25, -0.2) is 0 Å². The number of hydrogen-bond donors (Lipinski definition) is 0. The topological polar surface area (TPSA) is 34.9 Å².